The van der Waals surface area contributed by atoms with Crippen LogP contribution in [0.5, 0.6) is 11.5 Å². The van der Waals surface area contributed by atoms with Crippen molar-refractivity contribution in [3.8, 4) is 17.6 Å². The Morgan fingerprint density at radius 1 is 1.16 bits per heavy atom. The van der Waals surface area contributed by atoms with Crippen molar-refractivity contribution in [2.75, 3.05) is 7.11 Å². The molecule has 0 saturated carbocycles. The Kier molecular flexibility index (Phi) is 9.96. The molecule has 1 unspecified atom stereocenters. The highest BCUT2D eigenvalue weighted by Gasteiger charge is 2.24. The molecule has 1 atom stereocenters. The molecule has 10 heteroatoms. The van der Waals surface area contributed by atoms with Crippen LogP contribution in [0, 0.1) is 23.1 Å². The van der Waals surface area contributed by atoms with Gasteiger partial charge in [0.05, 0.1) is 29.4 Å². The van der Waals surface area contributed by atoms with Gasteiger partial charge >= 0.3 is 0 Å². The van der Waals surface area contributed by atoms with Crippen molar-refractivity contribution in [2.24, 2.45) is 11.0 Å². The van der Waals surface area contributed by atoms with E-state index in [2.05, 4.69) is 37.8 Å². The predicted molar refractivity (Wildman–Crippen MR) is 144 cm³/mol. The molecular weight excluding hydrogens is 555 g/mol. The lowest BCUT2D eigenvalue weighted by Crippen LogP contribution is -2.48. The van der Waals surface area contributed by atoms with E-state index in [1.54, 1.807) is 38.1 Å². The summed E-state index contributed by atoms with van der Waals surface area (Å²) < 4.78 is 25.1. The molecule has 0 bridgehead atoms. The average molecular weight is 581 g/mol. The molecule has 0 aromatic heterocycles. The van der Waals surface area contributed by atoms with E-state index in [1.165, 1.54) is 37.6 Å². The maximum absolute atomic E-state index is 13.1. The molecule has 0 fully saturated rings. The van der Waals surface area contributed by atoms with Crippen LogP contribution < -0.4 is 20.2 Å². The number of rotatable bonds is 10. The van der Waals surface area contributed by atoms with E-state index >= 15 is 0 Å². The summed E-state index contributed by atoms with van der Waals surface area (Å²) in [5, 5.41) is 16.0. The highest BCUT2D eigenvalue weighted by molar-refractivity contribution is 9.10. The molecule has 0 aliphatic heterocycles. The number of hydrogen-bond acceptors (Lipinski definition) is 6. The molecule has 0 aliphatic carbocycles. The first-order valence-corrected chi connectivity index (χ1v) is 12.4. The zero-order valence-electron chi connectivity index (χ0n) is 21.0. The fourth-order valence-corrected chi connectivity index (χ4v) is 4.03. The molecule has 2 N–H and O–H groups in total. The highest BCUT2D eigenvalue weighted by atomic mass is 79.9. The number of halogens is 2. The first-order chi connectivity index (χ1) is 18.2. The Morgan fingerprint density at radius 3 is 2.53 bits per heavy atom. The van der Waals surface area contributed by atoms with Crippen LogP contribution >= 0.6 is 15.9 Å². The van der Waals surface area contributed by atoms with Crippen molar-refractivity contribution >= 4 is 34.0 Å². The molecule has 3 rings (SSSR count). The second-order valence-corrected chi connectivity index (χ2v) is 9.38. The van der Waals surface area contributed by atoms with Crippen LogP contribution in [0.1, 0.15) is 40.9 Å². The number of methoxy groups -OCH3 is 1. The van der Waals surface area contributed by atoms with Crippen LogP contribution in [-0.2, 0) is 11.4 Å². The SMILES string of the molecule is COc1cc(/C=N/NC(=O)C(NC(=O)c2ccc(F)cc2)C(C)C)cc(Br)c1OCc1ccccc1C#N. The maximum atomic E-state index is 13.1. The first-order valence-electron chi connectivity index (χ1n) is 11.6. The number of ether oxygens (including phenoxy) is 2. The van der Waals surface area contributed by atoms with Gasteiger partial charge in [0.1, 0.15) is 18.5 Å². The summed E-state index contributed by atoms with van der Waals surface area (Å²) in [6.45, 7) is 3.74. The lowest BCUT2D eigenvalue weighted by atomic mass is 10.0. The van der Waals surface area contributed by atoms with Gasteiger partial charge in [0.2, 0.25) is 0 Å². The summed E-state index contributed by atoms with van der Waals surface area (Å²) in [7, 11) is 1.50. The summed E-state index contributed by atoms with van der Waals surface area (Å²) in [4.78, 5) is 25.2. The molecule has 3 aromatic rings. The minimum atomic E-state index is -0.863. The second kappa shape index (κ2) is 13.4. The van der Waals surface area contributed by atoms with Gasteiger partial charge in [-0.05, 0) is 69.9 Å². The van der Waals surface area contributed by atoms with Crippen molar-refractivity contribution < 1.29 is 23.5 Å². The van der Waals surface area contributed by atoms with Crippen LogP contribution in [-0.4, -0.2) is 31.2 Å². The normalized spacial score (nSPS) is 11.6. The molecule has 0 aliphatic rings. The third-order valence-electron chi connectivity index (χ3n) is 5.49. The third kappa shape index (κ3) is 7.40. The zero-order valence-corrected chi connectivity index (χ0v) is 22.6. The van der Waals surface area contributed by atoms with Crippen LogP contribution in [0.25, 0.3) is 0 Å². The van der Waals surface area contributed by atoms with Crippen molar-refractivity contribution in [3.63, 3.8) is 0 Å². The fraction of sp³-hybridized carbons (Fsp3) is 0.214. The first kappa shape index (κ1) is 28.3. The quantitative estimate of drug-likeness (QED) is 0.260. The predicted octanol–water partition coefficient (Wildman–Crippen LogP) is 4.95. The van der Waals surface area contributed by atoms with Gasteiger partial charge in [-0.15, -0.1) is 0 Å². The molecular formula is C28H26BrFN4O4. The van der Waals surface area contributed by atoms with Gasteiger partial charge in [0.25, 0.3) is 11.8 Å². The summed E-state index contributed by atoms with van der Waals surface area (Å²) in [5.74, 6) is -0.816. The number of nitrogens with zero attached hydrogens (tertiary/aromatic N) is 2. The maximum Gasteiger partial charge on any atom is 0.262 e. The summed E-state index contributed by atoms with van der Waals surface area (Å²) in [6.07, 6.45) is 1.43. The fourth-order valence-electron chi connectivity index (χ4n) is 3.46. The minimum Gasteiger partial charge on any atom is -0.493 e. The lowest BCUT2D eigenvalue weighted by Gasteiger charge is -2.20. The van der Waals surface area contributed by atoms with Gasteiger partial charge < -0.3 is 14.8 Å². The number of amides is 2. The standard InChI is InChI=1S/C28H26BrFN4O4/c1-17(2)25(33-27(35)19-8-10-22(30)11-9-19)28(36)34-32-15-18-12-23(29)26(24(13-18)37-3)38-16-21-7-5-4-6-20(21)14-31/h4-13,15,17,25H,16H2,1-3H3,(H,33,35)(H,34,36)/b32-15+. The summed E-state index contributed by atoms with van der Waals surface area (Å²) >= 11 is 3.47. The van der Waals surface area contributed by atoms with E-state index in [1.807, 2.05) is 12.1 Å². The lowest BCUT2D eigenvalue weighted by molar-refractivity contribution is -0.123. The zero-order chi connectivity index (χ0) is 27.7. The number of benzene rings is 3. The largest absolute Gasteiger partial charge is 0.493 e. The average Bonchev–Trinajstić information content (AvgIpc) is 2.90. The van der Waals surface area contributed by atoms with Gasteiger partial charge in [0, 0.05) is 11.1 Å². The van der Waals surface area contributed by atoms with E-state index in [4.69, 9.17) is 9.47 Å². The van der Waals surface area contributed by atoms with Gasteiger partial charge in [-0.2, -0.15) is 10.4 Å². The minimum absolute atomic E-state index is 0.169. The molecule has 38 heavy (non-hydrogen) atoms. The Hall–Kier alpha value is -4.23. The van der Waals surface area contributed by atoms with Crippen molar-refractivity contribution in [3.05, 3.63) is 93.2 Å². The summed E-state index contributed by atoms with van der Waals surface area (Å²) in [5.41, 5.74) is 4.56. The number of nitrogens with one attached hydrogen (secondary N) is 2. The van der Waals surface area contributed by atoms with Crippen LogP contribution in [0.4, 0.5) is 4.39 Å². The monoisotopic (exact) mass is 580 g/mol. The van der Waals surface area contributed by atoms with Gasteiger partial charge in [-0.25, -0.2) is 9.82 Å². The van der Waals surface area contributed by atoms with Crippen LogP contribution in [0.2, 0.25) is 0 Å². The van der Waals surface area contributed by atoms with Crippen molar-refractivity contribution in [1.82, 2.24) is 10.7 Å². The Bertz CT molecular complexity index is 1370. The molecule has 3 aromatic carbocycles. The Balaban J connectivity index is 1.67. The molecule has 0 radical (unpaired) electrons. The smallest absolute Gasteiger partial charge is 0.262 e. The van der Waals surface area contributed by atoms with E-state index in [0.717, 1.165) is 5.56 Å². The number of hydrogen-bond donors (Lipinski definition) is 2. The van der Waals surface area contributed by atoms with E-state index in [0.29, 0.717) is 27.1 Å². The van der Waals surface area contributed by atoms with E-state index < -0.39 is 23.7 Å². The number of hydrazone groups is 1. The number of carbonyl (C=O) groups is 2. The van der Waals surface area contributed by atoms with Gasteiger partial charge in [-0.1, -0.05) is 32.0 Å². The Labute approximate surface area is 228 Å². The molecule has 0 saturated heterocycles. The third-order valence-corrected chi connectivity index (χ3v) is 6.08. The van der Waals surface area contributed by atoms with E-state index in [9.17, 15) is 19.2 Å². The second-order valence-electron chi connectivity index (χ2n) is 8.53. The van der Waals surface area contributed by atoms with Crippen LogP contribution in [0.3, 0.4) is 0 Å². The van der Waals surface area contributed by atoms with Gasteiger partial charge in [-0.3, -0.25) is 9.59 Å². The van der Waals surface area contributed by atoms with Crippen LogP contribution in [0.15, 0.2) is 70.2 Å². The number of nitriles is 1. The van der Waals surface area contributed by atoms with Gasteiger partial charge in [0.15, 0.2) is 11.5 Å². The highest BCUT2D eigenvalue weighted by Crippen LogP contribution is 2.37. The Morgan fingerprint density at radius 2 is 1.87 bits per heavy atom. The van der Waals surface area contributed by atoms with Crippen molar-refractivity contribution in [1.29, 1.82) is 5.26 Å². The molecule has 0 heterocycles. The number of carbonyl (C=O) groups excluding carboxylic acids is 2. The van der Waals surface area contributed by atoms with Crippen molar-refractivity contribution in [2.45, 2.75) is 26.5 Å². The molecule has 2 amide bonds. The molecule has 0 spiro atoms. The summed E-state index contributed by atoms with van der Waals surface area (Å²) in [6, 6.07) is 16.9. The topological polar surface area (TPSA) is 113 Å². The van der Waals surface area contributed by atoms with E-state index in [-0.39, 0.29) is 18.1 Å². The molecule has 8 nitrogen and oxygen atoms in total. The molecule has 196 valence electrons.